The third-order valence-corrected chi connectivity index (χ3v) is 5.49. The van der Waals surface area contributed by atoms with E-state index in [0.29, 0.717) is 0 Å². The minimum absolute atomic E-state index is 0.0403. The highest BCUT2D eigenvalue weighted by Gasteiger charge is 2.23. The van der Waals surface area contributed by atoms with Crippen molar-refractivity contribution in [3.05, 3.63) is 51.5 Å². The molecule has 20 heavy (non-hydrogen) atoms. The molecule has 0 saturated heterocycles. The van der Waals surface area contributed by atoms with Gasteiger partial charge in [-0.15, -0.1) is 11.3 Å². The van der Waals surface area contributed by atoms with Crippen LogP contribution in [-0.2, 0) is 12.8 Å². The number of aliphatic hydroxyl groups is 1. The van der Waals surface area contributed by atoms with Gasteiger partial charge in [0.05, 0.1) is 6.10 Å². The molecular formula is C17H21NOS. The maximum absolute atomic E-state index is 10.6. The van der Waals surface area contributed by atoms with Crippen molar-refractivity contribution in [3.8, 4) is 0 Å². The number of fused-ring (bicyclic) bond motifs is 1. The molecule has 0 aromatic carbocycles. The van der Waals surface area contributed by atoms with Gasteiger partial charge in [-0.05, 0) is 49.4 Å². The first-order chi connectivity index (χ1) is 9.75. The Morgan fingerprint density at radius 1 is 1.20 bits per heavy atom. The minimum atomic E-state index is -0.443. The molecule has 3 heteroatoms. The van der Waals surface area contributed by atoms with Gasteiger partial charge in [0, 0.05) is 27.6 Å². The standard InChI is InChI=1S/C17H21NOS/c1-12(14-8-5-6-10-18-14)17(19)16-11-13-7-3-2-4-9-15(13)20-16/h5-6,8,10-12,17,19H,2-4,7,9H2,1H3. The molecule has 2 aromatic rings. The van der Waals surface area contributed by atoms with Crippen LogP contribution >= 0.6 is 11.3 Å². The predicted octanol–water partition coefficient (Wildman–Crippen LogP) is 4.25. The fourth-order valence-corrected chi connectivity index (χ4v) is 4.24. The zero-order valence-electron chi connectivity index (χ0n) is 11.9. The van der Waals surface area contributed by atoms with E-state index in [4.69, 9.17) is 0 Å². The van der Waals surface area contributed by atoms with Gasteiger partial charge in [0.2, 0.25) is 0 Å². The topological polar surface area (TPSA) is 33.1 Å². The maximum atomic E-state index is 10.6. The van der Waals surface area contributed by atoms with Crippen molar-refractivity contribution in [2.75, 3.05) is 0 Å². The lowest BCUT2D eigenvalue weighted by Gasteiger charge is -2.17. The van der Waals surface area contributed by atoms with Crippen LogP contribution in [0.1, 0.15) is 59.2 Å². The molecule has 2 heterocycles. The minimum Gasteiger partial charge on any atom is -0.387 e. The normalized spacial score (nSPS) is 18.1. The van der Waals surface area contributed by atoms with Gasteiger partial charge in [0.15, 0.2) is 0 Å². The summed E-state index contributed by atoms with van der Waals surface area (Å²) >= 11 is 1.80. The van der Waals surface area contributed by atoms with Crippen LogP contribution in [0.4, 0.5) is 0 Å². The molecule has 2 aromatic heterocycles. The molecule has 1 aliphatic rings. The second kappa shape index (κ2) is 6.06. The fraction of sp³-hybridized carbons (Fsp3) is 0.471. The fourth-order valence-electron chi connectivity index (χ4n) is 2.89. The van der Waals surface area contributed by atoms with Crippen LogP contribution in [0.25, 0.3) is 0 Å². The summed E-state index contributed by atoms with van der Waals surface area (Å²) < 4.78 is 0. The first kappa shape index (κ1) is 13.8. The molecule has 2 nitrogen and oxygen atoms in total. The van der Waals surface area contributed by atoms with Crippen LogP contribution in [0.5, 0.6) is 0 Å². The summed E-state index contributed by atoms with van der Waals surface area (Å²) in [7, 11) is 0. The van der Waals surface area contributed by atoms with Crippen LogP contribution in [0.15, 0.2) is 30.5 Å². The summed E-state index contributed by atoms with van der Waals surface area (Å²) in [6.45, 7) is 2.05. The second-order valence-corrected chi connectivity index (χ2v) is 6.81. The maximum Gasteiger partial charge on any atom is 0.0962 e. The predicted molar refractivity (Wildman–Crippen MR) is 83.2 cm³/mol. The number of pyridine rings is 1. The molecule has 2 unspecified atom stereocenters. The van der Waals surface area contributed by atoms with Crippen LogP contribution < -0.4 is 0 Å². The molecule has 0 spiro atoms. The van der Waals surface area contributed by atoms with Crippen LogP contribution in [-0.4, -0.2) is 10.1 Å². The van der Waals surface area contributed by atoms with Gasteiger partial charge >= 0.3 is 0 Å². The van der Waals surface area contributed by atoms with E-state index in [1.165, 1.54) is 42.5 Å². The molecule has 0 fully saturated rings. The van der Waals surface area contributed by atoms with Crippen LogP contribution in [0, 0.1) is 0 Å². The summed E-state index contributed by atoms with van der Waals surface area (Å²) in [5, 5.41) is 10.6. The molecule has 0 bridgehead atoms. The van der Waals surface area contributed by atoms with Crippen LogP contribution in [0.2, 0.25) is 0 Å². The number of nitrogens with zero attached hydrogens (tertiary/aromatic N) is 1. The van der Waals surface area contributed by atoms with Crippen LogP contribution in [0.3, 0.4) is 0 Å². The van der Waals surface area contributed by atoms with Gasteiger partial charge in [0.25, 0.3) is 0 Å². The summed E-state index contributed by atoms with van der Waals surface area (Å²) in [5.41, 5.74) is 2.43. The molecule has 106 valence electrons. The van der Waals surface area contributed by atoms with Gasteiger partial charge in [-0.3, -0.25) is 4.98 Å². The zero-order valence-corrected chi connectivity index (χ0v) is 12.7. The largest absolute Gasteiger partial charge is 0.387 e. The van der Waals surface area contributed by atoms with E-state index >= 15 is 0 Å². The number of aryl methyl sites for hydroxylation is 2. The molecule has 0 amide bonds. The summed E-state index contributed by atoms with van der Waals surface area (Å²) in [4.78, 5) is 6.96. The molecule has 0 radical (unpaired) electrons. The van der Waals surface area contributed by atoms with Crippen molar-refractivity contribution in [1.29, 1.82) is 0 Å². The highest BCUT2D eigenvalue weighted by molar-refractivity contribution is 7.12. The summed E-state index contributed by atoms with van der Waals surface area (Å²) in [6, 6.07) is 8.12. The Labute approximate surface area is 124 Å². The highest BCUT2D eigenvalue weighted by Crippen LogP contribution is 2.37. The van der Waals surface area contributed by atoms with Gasteiger partial charge in [-0.1, -0.05) is 19.4 Å². The average molecular weight is 287 g/mol. The quantitative estimate of drug-likeness (QED) is 0.856. The average Bonchev–Trinajstić information content (AvgIpc) is 2.77. The Balaban J connectivity index is 1.82. The van der Waals surface area contributed by atoms with Crippen molar-refractivity contribution in [1.82, 2.24) is 4.98 Å². The number of hydrogen-bond donors (Lipinski definition) is 1. The lowest BCUT2D eigenvalue weighted by molar-refractivity contribution is 0.153. The van der Waals surface area contributed by atoms with Crippen molar-refractivity contribution in [2.45, 2.75) is 51.0 Å². The smallest absolute Gasteiger partial charge is 0.0962 e. The summed E-state index contributed by atoms with van der Waals surface area (Å²) in [5.74, 6) is 0.0403. The van der Waals surface area contributed by atoms with Crippen molar-refractivity contribution in [2.24, 2.45) is 0 Å². The second-order valence-electron chi connectivity index (χ2n) is 5.65. The van der Waals surface area contributed by atoms with Gasteiger partial charge < -0.3 is 5.11 Å². The number of aromatic nitrogens is 1. The van der Waals surface area contributed by atoms with E-state index in [1.807, 2.05) is 18.2 Å². The molecule has 0 saturated carbocycles. The Bertz CT molecular complexity index is 540. The van der Waals surface area contributed by atoms with Gasteiger partial charge in [0.1, 0.15) is 0 Å². The number of thiophene rings is 1. The van der Waals surface area contributed by atoms with Crippen molar-refractivity contribution in [3.63, 3.8) is 0 Å². The number of aliphatic hydroxyl groups excluding tert-OH is 1. The van der Waals surface area contributed by atoms with E-state index in [9.17, 15) is 5.11 Å². The van der Waals surface area contributed by atoms with E-state index < -0.39 is 6.10 Å². The van der Waals surface area contributed by atoms with Crippen molar-refractivity contribution < 1.29 is 5.11 Å². The molecular weight excluding hydrogens is 266 g/mol. The first-order valence-corrected chi connectivity index (χ1v) is 8.28. The monoisotopic (exact) mass is 287 g/mol. The lowest BCUT2D eigenvalue weighted by atomic mass is 9.98. The Kier molecular flexibility index (Phi) is 4.18. The van der Waals surface area contributed by atoms with E-state index in [-0.39, 0.29) is 5.92 Å². The molecule has 2 atom stereocenters. The number of rotatable bonds is 3. The molecule has 1 N–H and O–H groups in total. The SMILES string of the molecule is CC(c1ccccn1)C(O)c1cc2c(s1)CCCCC2. The Morgan fingerprint density at radius 3 is 2.85 bits per heavy atom. The molecule has 3 rings (SSSR count). The Morgan fingerprint density at radius 2 is 2.05 bits per heavy atom. The third-order valence-electron chi connectivity index (χ3n) is 4.19. The Hall–Kier alpha value is -1.19. The third kappa shape index (κ3) is 2.79. The first-order valence-electron chi connectivity index (χ1n) is 7.46. The summed E-state index contributed by atoms with van der Waals surface area (Å²) in [6.07, 6.45) is 7.63. The van der Waals surface area contributed by atoms with Crippen molar-refractivity contribution >= 4 is 11.3 Å². The highest BCUT2D eigenvalue weighted by atomic mass is 32.1. The van der Waals surface area contributed by atoms with Gasteiger partial charge in [-0.25, -0.2) is 0 Å². The number of hydrogen-bond acceptors (Lipinski definition) is 3. The van der Waals surface area contributed by atoms with E-state index in [2.05, 4.69) is 18.0 Å². The molecule has 0 aliphatic heterocycles. The van der Waals surface area contributed by atoms with Gasteiger partial charge in [-0.2, -0.15) is 0 Å². The lowest BCUT2D eigenvalue weighted by Crippen LogP contribution is -2.07. The zero-order chi connectivity index (χ0) is 13.9. The van der Waals surface area contributed by atoms with E-state index in [0.717, 1.165) is 10.6 Å². The van der Waals surface area contributed by atoms with E-state index in [1.54, 1.807) is 17.5 Å². The molecule has 1 aliphatic carbocycles.